The number of nitrogens with zero attached hydrogens (tertiary/aromatic N) is 3. The number of benzene rings is 2. The van der Waals surface area contributed by atoms with Crippen molar-refractivity contribution < 1.29 is 33.4 Å². The Hall–Kier alpha value is -5.40. The number of ether oxygens (including phenoxy) is 2. The molecule has 0 radical (unpaired) electrons. The Kier molecular flexibility index (Phi) is 12.2. The Morgan fingerprint density at radius 1 is 0.769 bits per heavy atom. The molecule has 14 heteroatoms. The number of carbonyl (C=O) groups is 5. The van der Waals surface area contributed by atoms with Crippen LogP contribution in [0, 0.1) is 11.8 Å². The van der Waals surface area contributed by atoms with E-state index < -0.39 is 30.3 Å². The van der Waals surface area contributed by atoms with E-state index in [9.17, 15) is 24.0 Å². The number of anilines is 1. The quantitative estimate of drug-likeness (QED) is 0.212. The first-order valence-corrected chi connectivity index (χ1v) is 17.8. The van der Waals surface area contributed by atoms with Gasteiger partial charge in [0.05, 0.1) is 32.2 Å². The van der Waals surface area contributed by atoms with Gasteiger partial charge in [-0.15, -0.1) is 0 Å². The van der Waals surface area contributed by atoms with Crippen molar-refractivity contribution in [3.63, 3.8) is 0 Å². The van der Waals surface area contributed by atoms with Gasteiger partial charge in [0, 0.05) is 18.8 Å². The molecular weight excluding hydrogens is 666 g/mol. The second kappa shape index (κ2) is 16.7. The van der Waals surface area contributed by atoms with Crippen molar-refractivity contribution in [2.24, 2.45) is 11.8 Å². The third-order valence-electron chi connectivity index (χ3n) is 9.73. The van der Waals surface area contributed by atoms with Gasteiger partial charge in [-0.1, -0.05) is 64.1 Å². The highest BCUT2D eigenvalue weighted by atomic mass is 16.5. The Morgan fingerprint density at radius 2 is 1.35 bits per heavy atom. The number of imidazole rings is 1. The van der Waals surface area contributed by atoms with Crippen LogP contribution < -0.4 is 16.0 Å². The highest BCUT2D eigenvalue weighted by Crippen LogP contribution is 2.33. The minimum atomic E-state index is -0.804. The number of rotatable bonds is 11. The van der Waals surface area contributed by atoms with Crippen molar-refractivity contribution in [2.75, 3.05) is 32.6 Å². The summed E-state index contributed by atoms with van der Waals surface area (Å²) in [7, 11) is 2.52. The zero-order chi connectivity index (χ0) is 37.5. The smallest absolute Gasteiger partial charge is 0.407 e. The predicted molar refractivity (Wildman–Crippen MR) is 195 cm³/mol. The van der Waals surface area contributed by atoms with Crippen molar-refractivity contribution in [3.8, 4) is 22.4 Å². The lowest BCUT2D eigenvalue weighted by molar-refractivity contribution is -0.139. The molecule has 3 heterocycles. The van der Waals surface area contributed by atoms with Gasteiger partial charge in [0.15, 0.2) is 0 Å². The van der Waals surface area contributed by atoms with Crippen LogP contribution >= 0.6 is 0 Å². The fourth-order valence-corrected chi connectivity index (χ4v) is 6.87. The molecule has 0 saturated carbocycles. The maximum atomic E-state index is 13.5. The van der Waals surface area contributed by atoms with Crippen molar-refractivity contribution in [3.05, 3.63) is 60.6 Å². The minimum absolute atomic E-state index is 0.121. The van der Waals surface area contributed by atoms with Crippen LogP contribution in [0.15, 0.2) is 54.7 Å². The van der Waals surface area contributed by atoms with Crippen LogP contribution in [-0.2, 0) is 23.9 Å². The Balaban J connectivity index is 1.25. The van der Waals surface area contributed by atoms with Crippen LogP contribution in [0.5, 0.6) is 0 Å². The van der Waals surface area contributed by atoms with Gasteiger partial charge in [-0.2, -0.15) is 0 Å². The fraction of sp³-hybridized carbons (Fsp3) is 0.474. The van der Waals surface area contributed by atoms with Gasteiger partial charge in [-0.25, -0.2) is 14.6 Å². The number of H-pyrrole nitrogens is 1. The number of hydrogen-bond acceptors (Lipinski definition) is 8. The highest BCUT2D eigenvalue weighted by Gasteiger charge is 2.39. The van der Waals surface area contributed by atoms with E-state index in [2.05, 4.69) is 25.9 Å². The van der Waals surface area contributed by atoms with Crippen molar-refractivity contribution in [2.45, 2.75) is 77.5 Å². The number of aromatic nitrogens is 2. The van der Waals surface area contributed by atoms with E-state index in [-0.39, 0.29) is 35.6 Å². The molecule has 0 bridgehead atoms. The van der Waals surface area contributed by atoms with E-state index in [1.807, 2.05) is 76.2 Å². The summed E-state index contributed by atoms with van der Waals surface area (Å²) in [4.78, 5) is 75.5. The van der Waals surface area contributed by atoms with Gasteiger partial charge in [-0.05, 0) is 66.3 Å². The number of nitrogens with one attached hydrogen (secondary N) is 4. The first-order chi connectivity index (χ1) is 24.9. The van der Waals surface area contributed by atoms with Crippen LogP contribution in [0.1, 0.15) is 65.2 Å². The number of likely N-dealkylation sites (tertiary alicyclic amines) is 2. The van der Waals surface area contributed by atoms with Crippen molar-refractivity contribution in [1.29, 1.82) is 0 Å². The summed E-state index contributed by atoms with van der Waals surface area (Å²) in [6.07, 6.45) is 3.22. The molecule has 0 unspecified atom stereocenters. The lowest BCUT2D eigenvalue weighted by atomic mass is 10.0. The SMILES string of the molecule is COC(=O)N[C@H](C(=O)N1CCC[C@H]1C(=O)Nc1cccc(-c2ccc(-c3cnc([C@@H]4CCCN4C(=O)[C@@H](NC(=O)OC)C(C)C)[nH]3)cc2)c1)C(C)C. The standard InChI is InChI=1S/C38H49N7O7/c1-22(2)31(42-37(49)51-5)35(47)44-18-8-12-29(44)33-39-21-28(41-33)25-16-14-24(15-17-25)26-10-7-11-27(20-26)40-34(46)30-13-9-19-45(30)36(48)32(23(3)4)43-38(50)52-6/h7,10-11,14-17,20-23,29-32H,8-9,12-13,18-19H2,1-6H3,(H,39,41)(H,40,46)(H,42,49)(H,43,50)/t29-,30-,31-,32-/m0/s1. The van der Waals surface area contributed by atoms with Gasteiger partial charge in [0.25, 0.3) is 0 Å². The minimum Gasteiger partial charge on any atom is -0.453 e. The van der Waals surface area contributed by atoms with Gasteiger partial charge in [0.1, 0.15) is 23.9 Å². The molecule has 2 aliphatic heterocycles. The Bertz CT molecular complexity index is 1760. The molecular formula is C38H49N7O7. The second-order valence-electron chi connectivity index (χ2n) is 13.9. The topological polar surface area (TPSA) is 175 Å². The monoisotopic (exact) mass is 715 g/mol. The molecule has 4 N–H and O–H groups in total. The molecule has 278 valence electrons. The second-order valence-corrected chi connectivity index (χ2v) is 13.9. The molecule has 1 aromatic heterocycles. The summed E-state index contributed by atoms with van der Waals surface area (Å²) in [5, 5.41) is 8.27. The van der Waals surface area contributed by atoms with Crippen LogP contribution in [0.2, 0.25) is 0 Å². The lowest BCUT2D eigenvalue weighted by Crippen LogP contribution is -2.54. The van der Waals surface area contributed by atoms with Gasteiger partial charge in [-0.3, -0.25) is 14.4 Å². The molecule has 0 aliphatic carbocycles. The molecule has 52 heavy (non-hydrogen) atoms. The third-order valence-corrected chi connectivity index (χ3v) is 9.73. The van der Waals surface area contributed by atoms with Crippen LogP contribution in [0.4, 0.5) is 15.3 Å². The Labute approximate surface area is 304 Å². The average Bonchev–Trinajstić information content (AvgIpc) is 3.93. The third kappa shape index (κ3) is 8.55. The van der Waals surface area contributed by atoms with Gasteiger partial charge in [0.2, 0.25) is 17.7 Å². The summed E-state index contributed by atoms with van der Waals surface area (Å²) in [6.45, 7) is 8.44. The Morgan fingerprint density at radius 3 is 1.96 bits per heavy atom. The largest absolute Gasteiger partial charge is 0.453 e. The van der Waals surface area contributed by atoms with E-state index in [1.54, 1.807) is 16.0 Å². The van der Waals surface area contributed by atoms with Crippen molar-refractivity contribution in [1.82, 2.24) is 30.4 Å². The molecule has 2 aromatic carbocycles. The lowest BCUT2D eigenvalue weighted by Gasteiger charge is -2.30. The number of carbonyl (C=O) groups excluding carboxylic acids is 5. The highest BCUT2D eigenvalue weighted by molar-refractivity contribution is 5.99. The predicted octanol–water partition coefficient (Wildman–Crippen LogP) is 5.10. The van der Waals surface area contributed by atoms with E-state index in [1.165, 1.54) is 14.2 Å². The fourth-order valence-electron chi connectivity index (χ4n) is 6.87. The summed E-state index contributed by atoms with van der Waals surface area (Å²) in [6, 6.07) is 13.1. The zero-order valence-corrected chi connectivity index (χ0v) is 30.6. The van der Waals surface area contributed by atoms with Crippen molar-refractivity contribution >= 4 is 35.6 Å². The zero-order valence-electron chi connectivity index (χ0n) is 30.6. The molecule has 2 aliphatic rings. The summed E-state index contributed by atoms with van der Waals surface area (Å²) in [5.74, 6) is -0.372. The summed E-state index contributed by atoms with van der Waals surface area (Å²) >= 11 is 0. The van der Waals surface area contributed by atoms with E-state index >= 15 is 0 Å². The molecule has 3 aromatic rings. The van der Waals surface area contributed by atoms with E-state index in [0.29, 0.717) is 37.4 Å². The van der Waals surface area contributed by atoms with Crippen LogP contribution in [0.3, 0.4) is 0 Å². The average molecular weight is 716 g/mol. The van der Waals surface area contributed by atoms with Crippen LogP contribution in [-0.4, -0.2) is 95.1 Å². The summed E-state index contributed by atoms with van der Waals surface area (Å²) < 4.78 is 9.44. The first-order valence-electron chi connectivity index (χ1n) is 17.8. The molecule has 4 atom stereocenters. The molecule has 0 spiro atoms. The number of methoxy groups -OCH3 is 2. The number of amides is 5. The number of hydrogen-bond donors (Lipinski definition) is 4. The first kappa shape index (κ1) is 37.8. The maximum absolute atomic E-state index is 13.5. The van der Waals surface area contributed by atoms with Gasteiger partial charge >= 0.3 is 12.2 Å². The van der Waals surface area contributed by atoms with E-state index in [0.717, 1.165) is 35.2 Å². The molecule has 5 rings (SSSR count). The van der Waals surface area contributed by atoms with E-state index in [4.69, 9.17) is 9.47 Å². The summed E-state index contributed by atoms with van der Waals surface area (Å²) in [5.41, 5.74) is 4.18. The molecule has 2 fully saturated rings. The number of alkyl carbamates (subject to hydrolysis) is 2. The number of aromatic amines is 1. The van der Waals surface area contributed by atoms with Crippen LogP contribution in [0.25, 0.3) is 22.4 Å². The maximum Gasteiger partial charge on any atom is 0.407 e. The molecule has 5 amide bonds. The molecule has 2 saturated heterocycles. The normalized spacial score (nSPS) is 18.2. The molecule has 14 nitrogen and oxygen atoms in total. The van der Waals surface area contributed by atoms with Gasteiger partial charge < -0.3 is 40.2 Å².